The third-order valence-electron chi connectivity index (χ3n) is 3.66. The maximum Gasteiger partial charge on any atom is 0.226 e. The van der Waals surface area contributed by atoms with Gasteiger partial charge in [-0.15, -0.1) is 0 Å². The first-order valence-electron chi connectivity index (χ1n) is 6.59. The molecule has 0 radical (unpaired) electrons. The van der Waals surface area contributed by atoms with Crippen LogP contribution in [0.4, 0.5) is 0 Å². The van der Waals surface area contributed by atoms with Crippen molar-refractivity contribution in [2.24, 2.45) is 7.05 Å². The smallest absolute Gasteiger partial charge is 0.226 e. The highest BCUT2D eigenvalue weighted by Gasteiger charge is 2.41. The highest BCUT2D eigenvalue weighted by molar-refractivity contribution is 5.79. The molecular formula is C15H17N3O2. The molecule has 1 aliphatic heterocycles. The van der Waals surface area contributed by atoms with Crippen LogP contribution in [0.5, 0.6) is 0 Å². The molecular weight excluding hydrogens is 254 g/mol. The number of nitrogens with zero attached hydrogens (tertiary/aromatic N) is 2. The number of aryl methyl sites for hydroxylation is 1. The number of benzene rings is 1. The molecule has 0 aliphatic carbocycles. The maximum absolute atomic E-state index is 12.2. The van der Waals surface area contributed by atoms with Crippen molar-refractivity contribution in [3.05, 3.63) is 54.1 Å². The SMILES string of the molecule is Cn1cncc1CC(=O)NC1(c2ccccc2)COC1. The van der Waals surface area contributed by atoms with Gasteiger partial charge in [-0.05, 0) is 5.56 Å². The molecule has 1 aromatic carbocycles. The average molecular weight is 271 g/mol. The van der Waals surface area contributed by atoms with E-state index in [4.69, 9.17) is 4.74 Å². The third-order valence-corrected chi connectivity index (χ3v) is 3.66. The number of amides is 1. The second-order valence-electron chi connectivity index (χ2n) is 5.16. The minimum atomic E-state index is -0.378. The van der Waals surface area contributed by atoms with Crippen LogP contribution in [0, 0.1) is 0 Å². The van der Waals surface area contributed by atoms with Gasteiger partial charge in [0.15, 0.2) is 0 Å². The first-order valence-corrected chi connectivity index (χ1v) is 6.59. The Hall–Kier alpha value is -2.14. The number of carbonyl (C=O) groups is 1. The zero-order valence-corrected chi connectivity index (χ0v) is 11.4. The molecule has 5 heteroatoms. The molecule has 2 aromatic rings. The van der Waals surface area contributed by atoms with Crippen LogP contribution in [0.3, 0.4) is 0 Å². The molecule has 0 saturated carbocycles. The van der Waals surface area contributed by atoms with Crippen molar-refractivity contribution in [1.82, 2.24) is 14.9 Å². The van der Waals surface area contributed by atoms with Gasteiger partial charge < -0.3 is 14.6 Å². The van der Waals surface area contributed by atoms with Gasteiger partial charge in [0.05, 0.1) is 26.0 Å². The summed E-state index contributed by atoms with van der Waals surface area (Å²) in [7, 11) is 1.88. The average Bonchev–Trinajstić information content (AvgIpc) is 2.80. The van der Waals surface area contributed by atoms with Crippen molar-refractivity contribution < 1.29 is 9.53 Å². The fourth-order valence-electron chi connectivity index (χ4n) is 2.40. The molecule has 1 aromatic heterocycles. The number of carbonyl (C=O) groups excluding carboxylic acids is 1. The summed E-state index contributed by atoms with van der Waals surface area (Å²) in [5, 5.41) is 3.11. The van der Waals surface area contributed by atoms with E-state index in [1.165, 1.54) is 0 Å². The Balaban J connectivity index is 1.72. The Bertz CT molecular complexity index is 603. The first-order chi connectivity index (χ1) is 9.70. The fourth-order valence-corrected chi connectivity index (χ4v) is 2.40. The molecule has 20 heavy (non-hydrogen) atoms. The number of hydrogen-bond acceptors (Lipinski definition) is 3. The van der Waals surface area contributed by atoms with Gasteiger partial charge >= 0.3 is 0 Å². The molecule has 5 nitrogen and oxygen atoms in total. The molecule has 0 atom stereocenters. The van der Waals surface area contributed by atoms with E-state index < -0.39 is 0 Å². The van der Waals surface area contributed by atoms with Crippen LogP contribution < -0.4 is 5.32 Å². The van der Waals surface area contributed by atoms with E-state index in [0.717, 1.165) is 11.3 Å². The molecule has 104 valence electrons. The topological polar surface area (TPSA) is 56.2 Å². The Morgan fingerprint density at radius 2 is 2.15 bits per heavy atom. The highest BCUT2D eigenvalue weighted by atomic mass is 16.5. The molecule has 1 fully saturated rings. The van der Waals surface area contributed by atoms with E-state index >= 15 is 0 Å². The Kier molecular flexibility index (Phi) is 3.28. The lowest BCUT2D eigenvalue weighted by atomic mass is 9.88. The number of aromatic nitrogens is 2. The largest absolute Gasteiger partial charge is 0.376 e. The highest BCUT2D eigenvalue weighted by Crippen LogP contribution is 2.29. The molecule has 2 heterocycles. The third kappa shape index (κ3) is 2.32. The summed E-state index contributed by atoms with van der Waals surface area (Å²) < 4.78 is 7.17. The van der Waals surface area contributed by atoms with Crippen LogP contribution in [0.1, 0.15) is 11.3 Å². The number of rotatable bonds is 4. The molecule has 0 bridgehead atoms. The lowest BCUT2D eigenvalue weighted by Crippen LogP contribution is -2.59. The normalized spacial score (nSPS) is 16.4. The zero-order valence-electron chi connectivity index (χ0n) is 11.4. The molecule has 0 spiro atoms. The van der Waals surface area contributed by atoms with E-state index in [1.807, 2.05) is 41.9 Å². The molecule has 0 unspecified atom stereocenters. The van der Waals surface area contributed by atoms with Crippen molar-refractivity contribution in [2.75, 3.05) is 13.2 Å². The quantitative estimate of drug-likeness (QED) is 0.902. The Morgan fingerprint density at radius 1 is 1.40 bits per heavy atom. The van der Waals surface area contributed by atoms with Crippen LogP contribution in [0.15, 0.2) is 42.9 Å². The van der Waals surface area contributed by atoms with Crippen molar-refractivity contribution in [3.8, 4) is 0 Å². The summed E-state index contributed by atoms with van der Waals surface area (Å²) in [6.07, 6.45) is 3.74. The van der Waals surface area contributed by atoms with Gasteiger partial charge in [0, 0.05) is 18.9 Å². The monoisotopic (exact) mass is 271 g/mol. The predicted octanol–water partition coefficient (Wildman–Crippen LogP) is 1.00. The Morgan fingerprint density at radius 3 is 2.70 bits per heavy atom. The summed E-state index contributed by atoms with van der Waals surface area (Å²) in [6.45, 7) is 1.04. The van der Waals surface area contributed by atoms with Crippen LogP contribution in [-0.4, -0.2) is 28.7 Å². The van der Waals surface area contributed by atoms with E-state index in [-0.39, 0.29) is 11.4 Å². The van der Waals surface area contributed by atoms with Gasteiger partial charge in [-0.3, -0.25) is 4.79 Å². The van der Waals surface area contributed by atoms with Gasteiger partial charge in [-0.25, -0.2) is 4.98 Å². The molecule has 1 amide bonds. The molecule has 1 saturated heterocycles. The minimum Gasteiger partial charge on any atom is -0.376 e. The minimum absolute atomic E-state index is 0.0132. The van der Waals surface area contributed by atoms with Gasteiger partial charge in [-0.1, -0.05) is 30.3 Å². The lowest BCUT2D eigenvalue weighted by molar-refractivity contribution is -0.133. The second kappa shape index (κ2) is 5.09. The lowest BCUT2D eigenvalue weighted by Gasteiger charge is -2.42. The van der Waals surface area contributed by atoms with Crippen molar-refractivity contribution in [3.63, 3.8) is 0 Å². The second-order valence-corrected chi connectivity index (χ2v) is 5.16. The number of ether oxygens (including phenoxy) is 1. The van der Waals surface area contributed by atoms with Gasteiger partial charge in [0.2, 0.25) is 5.91 Å². The predicted molar refractivity (Wildman–Crippen MR) is 74.0 cm³/mol. The van der Waals surface area contributed by atoms with E-state index in [1.54, 1.807) is 12.5 Å². The zero-order chi connectivity index (χ0) is 14.0. The van der Waals surface area contributed by atoms with Gasteiger partial charge in [-0.2, -0.15) is 0 Å². The van der Waals surface area contributed by atoms with Crippen molar-refractivity contribution in [1.29, 1.82) is 0 Å². The molecule has 3 rings (SSSR count). The van der Waals surface area contributed by atoms with Gasteiger partial charge in [0.1, 0.15) is 5.54 Å². The standard InChI is InChI=1S/C15H17N3O2/c1-18-11-16-8-13(18)7-14(19)17-15(9-20-10-15)12-5-3-2-4-6-12/h2-6,8,11H,7,9-10H2,1H3,(H,17,19). The molecule has 1 N–H and O–H groups in total. The maximum atomic E-state index is 12.2. The summed E-state index contributed by atoms with van der Waals surface area (Å²) >= 11 is 0. The summed E-state index contributed by atoms with van der Waals surface area (Å²) in [5.74, 6) is -0.0132. The number of imidazole rings is 1. The Labute approximate surface area is 117 Å². The summed E-state index contributed by atoms with van der Waals surface area (Å²) in [5.41, 5.74) is 1.60. The number of nitrogens with one attached hydrogen (secondary N) is 1. The summed E-state index contributed by atoms with van der Waals surface area (Å²) in [6, 6.07) is 9.96. The van der Waals surface area contributed by atoms with Crippen LogP contribution in [-0.2, 0) is 28.5 Å². The van der Waals surface area contributed by atoms with Crippen LogP contribution >= 0.6 is 0 Å². The van der Waals surface area contributed by atoms with E-state index in [0.29, 0.717) is 19.6 Å². The van der Waals surface area contributed by atoms with Crippen molar-refractivity contribution >= 4 is 5.91 Å². The van der Waals surface area contributed by atoms with Crippen molar-refractivity contribution in [2.45, 2.75) is 12.0 Å². The summed E-state index contributed by atoms with van der Waals surface area (Å²) in [4.78, 5) is 16.3. The van der Waals surface area contributed by atoms with Crippen LogP contribution in [0.2, 0.25) is 0 Å². The van der Waals surface area contributed by atoms with Gasteiger partial charge in [0.25, 0.3) is 0 Å². The van der Waals surface area contributed by atoms with E-state index in [9.17, 15) is 4.79 Å². The van der Waals surface area contributed by atoms with Crippen LogP contribution in [0.25, 0.3) is 0 Å². The fraction of sp³-hybridized carbons (Fsp3) is 0.333. The molecule has 1 aliphatic rings. The number of hydrogen-bond donors (Lipinski definition) is 1. The first kappa shape index (κ1) is 12.9. The van der Waals surface area contributed by atoms with E-state index in [2.05, 4.69) is 10.3 Å².